The van der Waals surface area contributed by atoms with Crippen LogP contribution in [0.3, 0.4) is 0 Å². The molecule has 17 heavy (non-hydrogen) atoms. The molecule has 0 fully saturated rings. The van der Waals surface area contributed by atoms with Gasteiger partial charge in [0.1, 0.15) is 0 Å². The topological polar surface area (TPSA) is 50.4 Å². The summed E-state index contributed by atoms with van der Waals surface area (Å²) in [7, 11) is -3.29. The third kappa shape index (κ3) is 8.12. The second-order valence-corrected chi connectivity index (χ2v) is 8.04. The normalized spacial score (nSPS) is 14.9. The van der Waals surface area contributed by atoms with Gasteiger partial charge in [-0.2, -0.15) is 0 Å². The van der Waals surface area contributed by atoms with E-state index in [2.05, 4.69) is 10.2 Å². The summed E-state index contributed by atoms with van der Waals surface area (Å²) in [6.45, 7) is 4.89. The van der Waals surface area contributed by atoms with E-state index in [1.54, 1.807) is 0 Å². The lowest BCUT2D eigenvalue weighted by atomic mass is 10.5. The number of nitrogens with one attached hydrogen (secondary N) is 2. The highest BCUT2D eigenvalue weighted by Crippen LogP contribution is 2.46. The molecule has 0 aromatic heterocycles. The summed E-state index contributed by atoms with van der Waals surface area (Å²) in [5.74, 6) is 0. The summed E-state index contributed by atoms with van der Waals surface area (Å²) in [5.41, 5.74) is -1.30. The highest BCUT2D eigenvalue weighted by Gasteiger charge is 2.37. The number of rotatable bonds is 8. The van der Waals surface area contributed by atoms with Crippen LogP contribution in [0.2, 0.25) is 0 Å². The van der Waals surface area contributed by atoms with Crippen molar-refractivity contribution in [2.75, 3.05) is 13.1 Å². The molecular formula is C8H17Cl4N2O2P. The zero-order valence-corrected chi connectivity index (χ0v) is 13.6. The molecule has 0 amide bonds. The Morgan fingerprint density at radius 1 is 1.18 bits per heavy atom. The predicted octanol–water partition coefficient (Wildman–Crippen LogP) is 4.05. The highest BCUT2D eigenvalue weighted by molar-refractivity contribution is 7.54. The van der Waals surface area contributed by atoms with E-state index in [1.807, 2.05) is 13.8 Å². The second kappa shape index (κ2) is 8.44. The van der Waals surface area contributed by atoms with Gasteiger partial charge in [-0.05, 0) is 12.8 Å². The molecule has 0 aliphatic heterocycles. The van der Waals surface area contributed by atoms with Crippen molar-refractivity contribution >= 4 is 54.1 Å². The molecule has 0 aromatic rings. The molecule has 0 aliphatic carbocycles. The summed E-state index contributed by atoms with van der Waals surface area (Å²) in [6, 6.07) is 0. The van der Waals surface area contributed by atoms with Gasteiger partial charge in [-0.15, -0.1) is 0 Å². The fraction of sp³-hybridized carbons (Fsp3) is 1.00. The zero-order chi connectivity index (χ0) is 13.5. The van der Waals surface area contributed by atoms with Crippen molar-refractivity contribution in [1.29, 1.82) is 0 Å². The molecule has 104 valence electrons. The van der Waals surface area contributed by atoms with Gasteiger partial charge in [0.2, 0.25) is 3.79 Å². The Bertz CT molecular complexity index is 250. The SMILES string of the molecule is CCCNP(=O)(NCCC)OC(Cl)C(Cl)(Cl)Cl. The summed E-state index contributed by atoms with van der Waals surface area (Å²) in [6.07, 6.45) is 1.59. The lowest BCUT2D eigenvalue weighted by Gasteiger charge is -2.26. The Labute approximate surface area is 122 Å². The first-order valence-corrected chi connectivity index (χ1v) is 8.44. The van der Waals surface area contributed by atoms with E-state index in [9.17, 15) is 4.57 Å². The lowest BCUT2D eigenvalue weighted by molar-refractivity contribution is 0.270. The third-order valence-corrected chi connectivity index (χ3v) is 4.90. The maximum absolute atomic E-state index is 12.3. The summed E-state index contributed by atoms with van der Waals surface area (Å²) >= 11 is 22.4. The van der Waals surface area contributed by atoms with Crippen molar-refractivity contribution in [2.24, 2.45) is 0 Å². The molecule has 1 atom stereocenters. The molecule has 0 rings (SSSR count). The minimum Gasteiger partial charge on any atom is -0.282 e. The van der Waals surface area contributed by atoms with Crippen molar-refractivity contribution < 1.29 is 9.09 Å². The van der Waals surface area contributed by atoms with Crippen LogP contribution in [0.1, 0.15) is 26.7 Å². The van der Waals surface area contributed by atoms with Gasteiger partial charge in [-0.1, -0.05) is 60.3 Å². The van der Waals surface area contributed by atoms with Gasteiger partial charge in [0.25, 0.3) is 0 Å². The van der Waals surface area contributed by atoms with Gasteiger partial charge in [-0.25, -0.2) is 10.2 Å². The van der Waals surface area contributed by atoms with Gasteiger partial charge in [0, 0.05) is 13.1 Å². The molecule has 0 saturated heterocycles. The molecule has 0 aliphatic rings. The van der Waals surface area contributed by atoms with Crippen molar-refractivity contribution in [2.45, 2.75) is 36.0 Å². The van der Waals surface area contributed by atoms with E-state index in [4.69, 9.17) is 50.9 Å². The van der Waals surface area contributed by atoms with Crippen LogP contribution in [0, 0.1) is 0 Å². The summed E-state index contributed by atoms with van der Waals surface area (Å²) in [5, 5.41) is 5.49. The average molecular weight is 346 g/mol. The molecule has 1 unspecified atom stereocenters. The second-order valence-electron chi connectivity index (χ2n) is 3.33. The first-order valence-electron chi connectivity index (χ1n) is 5.24. The standard InChI is InChI=1S/C8H17Cl4N2O2P/c1-3-5-13-17(15,14-6-4-2)16-7(9)8(10,11)12/h7H,3-6H2,1-2H3,(H2,13,14,15). The molecule has 4 nitrogen and oxygen atoms in total. The van der Waals surface area contributed by atoms with E-state index in [-0.39, 0.29) is 0 Å². The van der Waals surface area contributed by atoms with Crippen molar-refractivity contribution in [3.05, 3.63) is 0 Å². The van der Waals surface area contributed by atoms with E-state index in [1.165, 1.54) is 0 Å². The fourth-order valence-corrected chi connectivity index (χ4v) is 3.21. The maximum Gasteiger partial charge on any atom is 0.342 e. The van der Waals surface area contributed by atoms with E-state index < -0.39 is 17.0 Å². The van der Waals surface area contributed by atoms with Gasteiger partial charge >= 0.3 is 7.67 Å². The molecular weight excluding hydrogens is 329 g/mol. The Balaban J connectivity index is 4.52. The van der Waals surface area contributed by atoms with Crippen LogP contribution < -0.4 is 10.2 Å². The number of halogens is 4. The lowest BCUT2D eigenvalue weighted by Crippen LogP contribution is -2.31. The quantitative estimate of drug-likeness (QED) is 0.514. The van der Waals surface area contributed by atoms with E-state index >= 15 is 0 Å². The number of alkyl halides is 4. The van der Waals surface area contributed by atoms with Crippen LogP contribution in [0.15, 0.2) is 0 Å². The Kier molecular flexibility index (Phi) is 9.07. The van der Waals surface area contributed by atoms with Gasteiger partial charge < -0.3 is 0 Å². The van der Waals surface area contributed by atoms with Crippen LogP contribution in [0.25, 0.3) is 0 Å². The fourth-order valence-electron chi connectivity index (χ4n) is 0.839. The monoisotopic (exact) mass is 344 g/mol. The number of hydrogen-bond donors (Lipinski definition) is 2. The molecule has 0 saturated carbocycles. The Hall–Kier alpha value is 1.27. The largest absolute Gasteiger partial charge is 0.342 e. The molecule has 0 spiro atoms. The summed E-state index contributed by atoms with van der Waals surface area (Å²) < 4.78 is 15.6. The highest BCUT2D eigenvalue weighted by atomic mass is 35.6. The van der Waals surface area contributed by atoms with Crippen molar-refractivity contribution in [3.8, 4) is 0 Å². The minimum absolute atomic E-state index is 0.511. The Morgan fingerprint density at radius 3 is 1.88 bits per heavy atom. The zero-order valence-electron chi connectivity index (χ0n) is 9.68. The third-order valence-electron chi connectivity index (χ3n) is 1.64. The number of hydrogen-bond acceptors (Lipinski definition) is 2. The van der Waals surface area contributed by atoms with Crippen LogP contribution in [-0.2, 0) is 9.09 Å². The average Bonchev–Trinajstić information content (AvgIpc) is 2.22. The molecule has 0 radical (unpaired) electrons. The molecule has 9 heteroatoms. The van der Waals surface area contributed by atoms with Crippen LogP contribution in [0.5, 0.6) is 0 Å². The first kappa shape index (κ1) is 18.3. The molecule has 0 heterocycles. The maximum atomic E-state index is 12.3. The molecule has 0 bridgehead atoms. The smallest absolute Gasteiger partial charge is 0.282 e. The van der Waals surface area contributed by atoms with Crippen LogP contribution >= 0.6 is 54.1 Å². The van der Waals surface area contributed by atoms with Gasteiger partial charge in [0.15, 0.2) is 5.56 Å². The van der Waals surface area contributed by atoms with Crippen molar-refractivity contribution in [3.63, 3.8) is 0 Å². The van der Waals surface area contributed by atoms with E-state index in [0.29, 0.717) is 13.1 Å². The minimum atomic E-state index is -3.29. The van der Waals surface area contributed by atoms with E-state index in [0.717, 1.165) is 12.8 Å². The predicted molar refractivity (Wildman–Crippen MR) is 75.2 cm³/mol. The van der Waals surface area contributed by atoms with Crippen molar-refractivity contribution in [1.82, 2.24) is 10.2 Å². The summed E-state index contributed by atoms with van der Waals surface area (Å²) in [4.78, 5) is 0. The molecule has 2 N–H and O–H groups in total. The molecule has 0 aromatic carbocycles. The first-order chi connectivity index (χ1) is 7.75. The Morgan fingerprint density at radius 2 is 1.59 bits per heavy atom. The van der Waals surface area contributed by atoms with Gasteiger partial charge in [-0.3, -0.25) is 9.09 Å². The van der Waals surface area contributed by atoms with Crippen LogP contribution in [-0.4, -0.2) is 22.4 Å². The van der Waals surface area contributed by atoms with Crippen LogP contribution in [0.4, 0.5) is 0 Å². The van der Waals surface area contributed by atoms with Gasteiger partial charge in [0.05, 0.1) is 0 Å².